The van der Waals surface area contributed by atoms with Crippen LogP contribution in [0.2, 0.25) is 0 Å². The molecule has 0 fully saturated rings. The van der Waals surface area contributed by atoms with E-state index in [0.29, 0.717) is 0 Å². The smallest absolute Gasteiger partial charge is 0.164 e. The highest BCUT2D eigenvalue weighted by atomic mass is 19.4. The Kier molecular flexibility index (Phi) is 2.67. The first-order valence-corrected chi connectivity index (χ1v) is 4.61. The summed E-state index contributed by atoms with van der Waals surface area (Å²) in [6, 6.07) is 4.28. The Bertz CT molecular complexity index is 534. The molecule has 0 atom stereocenters. The minimum Gasteiger partial charge on any atom is -0.164 e. The SMILES string of the molecule is FC(F)(F)c1nnc(C(F)(F)F)c2ccccc12. The summed E-state index contributed by atoms with van der Waals surface area (Å²) in [6.45, 7) is 0. The van der Waals surface area contributed by atoms with Crippen LogP contribution in [0.4, 0.5) is 26.3 Å². The topological polar surface area (TPSA) is 25.8 Å². The molecule has 1 heterocycles. The number of nitrogens with zero attached hydrogens (tertiary/aromatic N) is 2. The molecular weight excluding hydrogens is 262 g/mol. The fraction of sp³-hybridized carbons (Fsp3) is 0.200. The molecule has 0 saturated heterocycles. The van der Waals surface area contributed by atoms with Gasteiger partial charge in [0, 0.05) is 10.8 Å². The first-order valence-electron chi connectivity index (χ1n) is 4.61. The molecule has 0 amide bonds. The standard InChI is InChI=1S/C10H4F6N2/c11-9(12,13)7-5-3-1-2-4-6(5)8(18-17-7)10(14,15)16/h1-4H. The van der Waals surface area contributed by atoms with Crippen molar-refractivity contribution < 1.29 is 26.3 Å². The monoisotopic (exact) mass is 266 g/mol. The largest absolute Gasteiger partial charge is 0.435 e. The highest BCUT2D eigenvalue weighted by Gasteiger charge is 2.40. The molecule has 8 heteroatoms. The van der Waals surface area contributed by atoms with Gasteiger partial charge in [-0.1, -0.05) is 24.3 Å². The first kappa shape index (κ1) is 12.6. The number of hydrogen-bond donors (Lipinski definition) is 0. The van der Waals surface area contributed by atoms with Crippen LogP contribution in [0, 0.1) is 0 Å². The van der Waals surface area contributed by atoms with Gasteiger partial charge in [-0.2, -0.15) is 26.3 Å². The van der Waals surface area contributed by atoms with Gasteiger partial charge in [0.2, 0.25) is 0 Å². The maximum Gasteiger partial charge on any atom is 0.435 e. The van der Waals surface area contributed by atoms with Crippen molar-refractivity contribution in [1.29, 1.82) is 0 Å². The van der Waals surface area contributed by atoms with Crippen LogP contribution in [-0.2, 0) is 12.4 Å². The zero-order valence-corrected chi connectivity index (χ0v) is 8.47. The number of aromatic nitrogens is 2. The Hall–Kier alpha value is -1.86. The third kappa shape index (κ3) is 2.09. The van der Waals surface area contributed by atoms with Gasteiger partial charge in [-0.3, -0.25) is 0 Å². The number of alkyl halides is 6. The predicted molar refractivity (Wildman–Crippen MR) is 49.5 cm³/mol. The number of hydrogen-bond acceptors (Lipinski definition) is 2. The lowest BCUT2D eigenvalue weighted by atomic mass is 10.1. The van der Waals surface area contributed by atoms with Gasteiger partial charge in [-0.05, 0) is 0 Å². The summed E-state index contributed by atoms with van der Waals surface area (Å²) in [5.74, 6) is 0. The molecule has 18 heavy (non-hydrogen) atoms. The molecule has 0 spiro atoms. The van der Waals surface area contributed by atoms with Gasteiger partial charge in [0.15, 0.2) is 11.4 Å². The van der Waals surface area contributed by atoms with Crippen LogP contribution in [0.15, 0.2) is 24.3 Å². The van der Waals surface area contributed by atoms with Crippen LogP contribution < -0.4 is 0 Å². The lowest BCUT2D eigenvalue weighted by Crippen LogP contribution is -2.16. The number of rotatable bonds is 0. The molecular formula is C10H4F6N2. The number of fused-ring (bicyclic) bond motifs is 1. The van der Waals surface area contributed by atoms with Gasteiger partial charge in [-0.25, -0.2) is 0 Å². The van der Waals surface area contributed by atoms with E-state index >= 15 is 0 Å². The Balaban J connectivity index is 2.83. The molecule has 0 aliphatic heterocycles. The lowest BCUT2D eigenvalue weighted by Gasteiger charge is -2.12. The second-order valence-electron chi connectivity index (χ2n) is 3.44. The molecule has 0 unspecified atom stereocenters. The molecule has 0 saturated carbocycles. The van der Waals surface area contributed by atoms with Crippen molar-refractivity contribution in [2.24, 2.45) is 0 Å². The van der Waals surface area contributed by atoms with Gasteiger partial charge in [0.05, 0.1) is 0 Å². The maximum atomic E-state index is 12.6. The number of benzene rings is 1. The normalized spacial score (nSPS) is 13.0. The van der Waals surface area contributed by atoms with Gasteiger partial charge in [0.25, 0.3) is 0 Å². The zero-order chi connectivity index (χ0) is 13.6. The average Bonchev–Trinajstić information content (AvgIpc) is 2.24. The summed E-state index contributed by atoms with van der Waals surface area (Å²) in [5, 5.41) is 4.06. The summed E-state index contributed by atoms with van der Waals surface area (Å²) < 4.78 is 75.4. The quantitative estimate of drug-likeness (QED) is 0.680. The molecule has 96 valence electrons. The summed E-state index contributed by atoms with van der Waals surface area (Å²) in [4.78, 5) is 0. The minimum atomic E-state index is -4.85. The average molecular weight is 266 g/mol. The van der Waals surface area contributed by atoms with E-state index in [1.54, 1.807) is 0 Å². The second kappa shape index (κ2) is 3.82. The Labute approximate surface area is 96.2 Å². The van der Waals surface area contributed by atoms with Crippen molar-refractivity contribution in [3.63, 3.8) is 0 Å². The molecule has 1 aromatic heterocycles. The van der Waals surface area contributed by atoms with Crippen LogP contribution in [-0.4, -0.2) is 10.2 Å². The fourth-order valence-corrected chi connectivity index (χ4v) is 1.52. The highest BCUT2D eigenvalue weighted by molar-refractivity contribution is 5.87. The molecule has 2 nitrogen and oxygen atoms in total. The summed E-state index contributed by atoms with van der Waals surface area (Å²) >= 11 is 0. The van der Waals surface area contributed by atoms with Crippen LogP contribution in [0.3, 0.4) is 0 Å². The highest BCUT2D eigenvalue weighted by Crippen LogP contribution is 2.37. The van der Waals surface area contributed by atoms with E-state index in [-0.39, 0.29) is 0 Å². The van der Waals surface area contributed by atoms with E-state index in [4.69, 9.17) is 0 Å². The molecule has 2 aromatic rings. The third-order valence-electron chi connectivity index (χ3n) is 2.22. The van der Waals surface area contributed by atoms with Crippen molar-refractivity contribution in [2.75, 3.05) is 0 Å². The van der Waals surface area contributed by atoms with Crippen molar-refractivity contribution in [2.45, 2.75) is 12.4 Å². The van der Waals surface area contributed by atoms with E-state index < -0.39 is 34.5 Å². The van der Waals surface area contributed by atoms with Crippen molar-refractivity contribution in [3.05, 3.63) is 35.7 Å². The zero-order valence-electron chi connectivity index (χ0n) is 8.47. The van der Waals surface area contributed by atoms with Crippen molar-refractivity contribution >= 4 is 10.8 Å². The van der Waals surface area contributed by atoms with E-state index in [1.807, 2.05) is 0 Å². The molecule has 0 N–H and O–H groups in total. The van der Waals surface area contributed by atoms with Crippen LogP contribution in [0.1, 0.15) is 11.4 Å². The molecule has 2 rings (SSSR count). The summed E-state index contributed by atoms with van der Waals surface area (Å²) in [5.41, 5.74) is -2.85. The Morgan fingerprint density at radius 3 is 1.28 bits per heavy atom. The van der Waals surface area contributed by atoms with Crippen molar-refractivity contribution in [3.8, 4) is 0 Å². The molecule has 0 aliphatic rings. The van der Waals surface area contributed by atoms with Gasteiger partial charge in [0.1, 0.15) is 0 Å². The summed E-state index contributed by atoms with van der Waals surface area (Å²) in [6.07, 6.45) is -9.70. The predicted octanol–water partition coefficient (Wildman–Crippen LogP) is 3.67. The van der Waals surface area contributed by atoms with Gasteiger partial charge in [-0.15, -0.1) is 10.2 Å². The van der Waals surface area contributed by atoms with E-state index in [0.717, 1.165) is 12.1 Å². The molecule has 0 radical (unpaired) electrons. The molecule has 1 aromatic carbocycles. The van der Waals surface area contributed by atoms with E-state index in [2.05, 4.69) is 10.2 Å². The van der Waals surface area contributed by atoms with Gasteiger partial charge >= 0.3 is 12.4 Å². The van der Waals surface area contributed by atoms with Gasteiger partial charge < -0.3 is 0 Å². The maximum absolute atomic E-state index is 12.6. The van der Waals surface area contributed by atoms with Crippen LogP contribution in [0.25, 0.3) is 10.8 Å². The Morgan fingerprint density at radius 1 is 0.667 bits per heavy atom. The summed E-state index contributed by atoms with van der Waals surface area (Å²) in [7, 11) is 0. The van der Waals surface area contributed by atoms with Crippen molar-refractivity contribution in [1.82, 2.24) is 10.2 Å². The first-order chi connectivity index (χ1) is 8.21. The third-order valence-corrected chi connectivity index (χ3v) is 2.22. The number of halogens is 6. The second-order valence-corrected chi connectivity index (χ2v) is 3.44. The minimum absolute atomic E-state index is 0.618. The van der Waals surface area contributed by atoms with E-state index in [9.17, 15) is 26.3 Å². The molecule has 0 aliphatic carbocycles. The van der Waals surface area contributed by atoms with Crippen LogP contribution >= 0.6 is 0 Å². The lowest BCUT2D eigenvalue weighted by molar-refractivity contribution is -0.145. The van der Waals surface area contributed by atoms with E-state index in [1.165, 1.54) is 12.1 Å². The molecule has 0 bridgehead atoms. The van der Waals surface area contributed by atoms with Crippen LogP contribution in [0.5, 0.6) is 0 Å². The Morgan fingerprint density at radius 2 is 1.00 bits per heavy atom. The fourth-order valence-electron chi connectivity index (χ4n) is 1.52.